The molecule has 0 radical (unpaired) electrons. The first-order valence-electron chi connectivity index (χ1n) is 9.29. The molecule has 0 aliphatic carbocycles. The molecule has 2 aliphatic rings. The van der Waals surface area contributed by atoms with Crippen LogP contribution in [-0.2, 0) is 19.0 Å². The van der Waals surface area contributed by atoms with Crippen molar-refractivity contribution in [1.29, 1.82) is 0 Å². The van der Waals surface area contributed by atoms with Crippen LogP contribution in [0.5, 0.6) is 0 Å². The van der Waals surface area contributed by atoms with Crippen LogP contribution < -0.4 is 0 Å². The number of unbranched alkanes of at least 4 members (excludes halogenated alkanes) is 6. The molecule has 1 fully saturated rings. The zero-order valence-corrected chi connectivity index (χ0v) is 15.9. The summed E-state index contributed by atoms with van der Waals surface area (Å²) >= 11 is 1.68. The van der Waals surface area contributed by atoms with Crippen molar-refractivity contribution >= 4 is 22.8 Å². The van der Waals surface area contributed by atoms with Crippen molar-refractivity contribution in [3.63, 3.8) is 0 Å². The van der Waals surface area contributed by atoms with Crippen LogP contribution in [0.4, 0.5) is 0 Å². The molecule has 0 unspecified atom stereocenters. The van der Waals surface area contributed by atoms with Crippen LogP contribution in [0.1, 0.15) is 65.2 Å². The van der Waals surface area contributed by atoms with E-state index >= 15 is 0 Å². The van der Waals surface area contributed by atoms with E-state index < -0.39 is 5.79 Å². The number of hydrogen-bond donors (Lipinski definition) is 0. The van der Waals surface area contributed by atoms with Gasteiger partial charge in [0, 0.05) is 18.7 Å². The van der Waals surface area contributed by atoms with E-state index in [4.69, 9.17) is 14.2 Å². The number of ether oxygens (including phenoxy) is 3. The fraction of sp³-hybridized carbons (Fsp3) is 0.889. The summed E-state index contributed by atoms with van der Waals surface area (Å²) in [6, 6.07) is 0. The summed E-state index contributed by atoms with van der Waals surface area (Å²) < 4.78 is 17.0. The van der Waals surface area contributed by atoms with E-state index in [0.717, 1.165) is 30.2 Å². The van der Waals surface area contributed by atoms with Gasteiger partial charge in [-0.15, -0.1) is 11.8 Å². The van der Waals surface area contributed by atoms with Crippen molar-refractivity contribution in [2.45, 2.75) is 77.1 Å². The normalized spacial score (nSPS) is 27.1. The molecule has 0 N–H and O–H groups in total. The average Bonchev–Trinajstić information content (AvgIpc) is 3.12. The Hall–Kier alpha value is -0.590. The van der Waals surface area contributed by atoms with Crippen molar-refractivity contribution in [2.75, 3.05) is 25.5 Å². The number of rotatable bonds is 10. The summed E-state index contributed by atoms with van der Waals surface area (Å²) in [4.78, 5) is 16.3. The Kier molecular flexibility index (Phi) is 8.56. The van der Waals surface area contributed by atoms with Gasteiger partial charge in [0.25, 0.3) is 0 Å². The zero-order chi connectivity index (χ0) is 17.3. The number of hydrogen-bond acceptors (Lipinski definition) is 6. The Bertz CT molecular complexity index is 419. The number of nitrogens with zero attached hydrogens (tertiary/aromatic N) is 1. The Balaban J connectivity index is 1.55. The van der Waals surface area contributed by atoms with E-state index in [0.29, 0.717) is 19.6 Å². The lowest BCUT2D eigenvalue weighted by Crippen LogP contribution is -2.49. The maximum atomic E-state index is 11.9. The van der Waals surface area contributed by atoms with Crippen molar-refractivity contribution in [1.82, 2.24) is 0 Å². The molecule has 138 valence electrons. The molecule has 2 heterocycles. The topological polar surface area (TPSA) is 57.1 Å². The van der Waals surface area contributed by atoms with Crippen LogP contribution in [0.3, 0.4) is 0 Å². The van der Waals surface area contributed by atoms with Gasteiger partial charge in [0.1, 0.15) is 11.1 Å². The maximum absolute atomic E-state index is 11.9. The molecule has 0 atom stereocenters. The van der Waals surface area contributed by atoms with Gasteiger partial charge in [-0.1, -0.05) is 45.4 Å². The molecule has 0 saturated carbocycles. The van der Waals surface area contributed by atoms with Crippen LogP contribution >= 0.6 is 11.8 Å². The average molecular weight is 358 g/mol. The molecule has 0 aromatic rings. The highest BCUT2D eigenvalue weighted by molar-refractivity contribution is 8.14. The predicted molar refractivity (Wildman–Crippen MR) is 97.6 cm³/mol. The number of esters is 1. The van der Waals surface area contributed by atoms with Crippen molar-refractivity contribution in [3.8, 4) is 0 Å². The number of thioether (sulfide) groups is 1. The third kappa shape index (κ3) is 6.37. The molecule has 6 heteroatoms. The highest BCUT2D eigenvalue weighted by atomic mass is 32.2. The second kappa shape index (κ2) is 10.4. The van der Waals surface area contributed by atoms with Crippen LogP contribution in [0.15, 0.2) is 4.99 Å². The van der Waals surface area contributed by atoms with Crippen LogP contribution in [0.2, 0.25) is 0 Å². The summed E-state index contributed by atoms with van der Waals surface area (Å²) in [5.41, 5.74) is 0. The highest BCUT2D eigenvalue weighted by Gasteiger charge is 2.40. The summed E-state index contributed by atoms with van der Waals surface area (Å²) in [6.07, 6.45) is 8.56. The monoisotopic (exact) mass is 357 g/mol. The zero-order valence-electron chi connectivity index (χ0n) is 15.1. The molecule has 0 spiro atoms. The van der Waals surface area contributed by atoms with Gasteiger partial charge in [-0.25, -0.2) is 0 Å². The molecule has 0 bridgehead atoms. The third-order valence-corrected chi connectivity index (χ3v) is 5.51. The van der Waals surface area contributed by atoms with E-state index in [-0.39, 0.29) is 12.1 Å². The first-order chi connectivity index (χ1) is 11.6. The molecule has 2 aliphatic heterocycles. The second-order valence-corrected chi connectivity index (χ2v) is 7.67. The smallest absolute Gasteiger partial charge is 0.306 e. The minimum absolute atomic E-state index is 0.142. The Morgan fingerprint density at radius 1 is 1.21 bits per heavy atom. The Labute approximate surface area is 149 Å². The van der Waals surface area contributed by atoms with E-state index in [2.05, 4.69) is 11.9 Å². The lowest BCUT2D eigenvalue weighted by molar-refractivity contribution is -0.248. The minimum atomic E-state index is -0.761. The molecule has 2 rings (SSSR count). The molecular formula is C18H31NO4S. The quantitative estimate of drug-likeness (QED) is 0.438. The molecule has 0 aromatic carbocycles. The lowest BCUT2D eigenvalue weighted by atomic mass is 10.1. The Morgan fingerprint density at radius 3 is 2.50 bits per heavy atom. The molecule has 24 heavy (non-hydrogen) atoms. The number of aliphatic imine (C=N–C) groups is 1. The molecule has 1 saturated heterocycles. The Morgan fingerprint density at radius 2 is 1.88 bits per heavy atom. The van der Waals surface area contributed by atoms with Gasteiger partial charge in [-0.05, 0) is 13.3 Å². The largest absolute Gasteiger partial charge is 0.457 e. The third-order valence-electron chi connectivity index (χ3n) is 4.35. The van der Waals surface area contributed by atoms with Gasteiger partial charge in [-0.3, -0.25) is 9.79 Å². The molecule has 5 nitrogen and oxygen atoms in total. The highest BCUT2D eigenvalue weighted by Crippen LogP contribution is 2.30. The second-order valence-electron chi connectivity index (χ2n) is 6.59. The lowest BCUT2D eigenvalue weighted by Gasteiger charge is -2.36. The van der Waals surface area contributed by atoms with E-state index in [1.165, 1.54) is 32.1 Å². The first-order valence-corrected chi connectivity index (χ1v) is 10.3. The summed E-state index contributed by atoms with van der Waals surface area (Å²) in [6.45, 7) is 5.68. The van der Waals surface area contributed by atoms with E-state index in [1.54, 1.807) is 11.8 Å². The van der Waals surface area contributed by atoms with Crippen molar-refractivity contribution in [3.05, 3.63) is 0 Å². The van der Waals surface area contributed by atoms with E-state index in [1.807, 2.05) is 6.92 Å². The van der Waals surface area contributed by atoms with Gasteiger partial charge in [0.15, 0.2) is 0 Å². The predicted octanol–water partition coefficient (Wildman–Crippen LogP) is 3.95. The van der Waals surface area contributed by atoms with Crippen LogP contribution in [0, 0.1) is 0 Å². The minimum Gasteiger partial charge on any atom is -0.457 e. The number of carbonyl (C=O) groups is 1. The van der Waals surface area contributed by atoms with Gasteiger partial charge in [-0.2, -0.15) is 0 Å². The van der Waals surface area contributed by atoms with Gasteiger partial charge >= 0.3 is 5.97 Å². The van der Waals surface area contributed by atoms with Crippen LogP contribution in [-0.4, -0.2) is 48.4 Å². The fourth-order valence-corrected chi connectivity index (χ4v) is 3.80. The molecule has 0 aromatic heterocycles. The van der Waals surface area contributed by atoms with Crippen LogP contribution in [0.25, 0.3) is 0 Å². The van der Waals surface area contributed by atoms with Crippen molar-refractivity contribution in [2.24, 2.45) is 4.99 Å². The van der Waals surface area contributed by atoms with Gasteiger partial charge in [0.05, 0.1) is 13.2 Å². The van der Waals surface area contributed by atoms with Gasteiger partial charge in [0.2, 0.25) is 5.79 Å². The summed E-state index contributed by atoms with van der Waals surface area (Å²) in [5, 5.41) is 0.898. The molecular weight excluding hydrogens is 326 g/mol. The molecule has 0 amide bonds. The van der Waals surface area contributed by atoms with Gasteiger partial charge < -0.3 is 14.2 Å². The van der Waals surface area contributed by atoms with Crippen molar-refractivity contribution < 1.29 is 19.0 Å². The van der Waals surface area contributed by atoms with E-state index in [9.17, 15) is 4.79 Å². The SMILES string of the molecule is CCCCCCCCCC(=O)OC1COC(C)(C2=NCCS2)OC1. The fourth-order valence-electron chi connectivity index (χ4n) is 2.87. The number of carbonyl (C=O) groups excluding carboxylic acids is 1. The first kappa shape index (κ1) is 19.7. The summed E-state index contributed by atoms with van der Waals surface area (Å²) in [7, 11) is 0. The summed E-state index contributed by atoms with van der Waals surface area (Å²) in [5.74, 6) is 0.0776. The maximum Gasteiger partial charge on any atom is 0.306 e. The standard InChI is InChI=1S/C18H31NO4S/c1-3-4-5-6-7-8-9-10-16(20)23-15-13-21-18(2,22-14-15)17-19-11-12-24-17/h15H,3-14H2,1-2H3.